The molecule has 92 valence electrons. The molecule has 0 unspecified atom stereocenters. The molecule has 0 bridgehead atoms. The largest absolute Gasteiger partial charge is 0.324 e. The van der Waals surface area contributed by atoms with Gasteiger partial charge >= 0.3 is 0 Å². The highest BCUT2D eigenvalue weighted by molar-refractivity contribution is 6.00. The van der Waals surface area contributed by atoms with E-state index in [-0.39, 0.29) is 12.3 Å². The highest BCUT2D eigenvalue weighted by Crippen LogP contribution is 2.26. The van der Waals surface area contributed by atoms with Crippen molar-refractivity contribution in [3.63, 3.8) is 0 Å². The summed E-state index contributed by atoms with van der Waals surface area (Å²) in [5.74, 6) is -0.00955. The van der Waals surface area contributed by atoms with Crippen molar-refractivity contribution < 1.29 is 4.79 Å². The number of carbonyl (C=O) groups is 1. The van der Waals surface area contributed by atoms with Crippen molar-refractivity contribution in [1.29, 1.82) is 0 Å². The van der Waals surface area contributed by atoms with Gasteiger partial charge in [0.1, 0.15) is 0 Å². The summed E-state index contributed by atoms with van der Waals surface area (Å²) in [6.45, 7) is 4.06. The summed E-state index contributed by atoms with van der Waals surface area (Å²) in [7, 11) is 0. The van der Waals surface area contributed by atoms with Gasteiger partial charge in [-0.3, -0.25) is 4.79 Å². The van der Waals surface area contributed by atoms with Crippen molar-refractivity contribution in [3.8, 4) is 11.1 Å². The number of carbonyl (C=O) groups excluding carboxylic acids is 1. The van der Waals surface area contributed by atoms with E-state index in [0.717, 1.165) is 22.3 Å². The standard InChI is InChI=1S/C16H17NO/c1-11-8-12(2)15(16(18)10-17)9-14(11)13-6-4-3-5-7-13/h3-9H,10,17H2,1-2H3. The highest BCUT2D eigenvalue weighted by Gasteiger charge is 2.11. The lowest BCUT2D eigenvalue weighted by molar-refractivity contribution is 0.100. The Morgan fingerprint density at radius 2 is 1.72 bits per heavy atom. The number of Topliss-reactive ketones (excluding diaryl/α,β-unsaturated/α-hetero) is 1. The van der Waals surface area contributed by atoms with Crippen LogP contribution in [0, 0.1) is 13.8 Å². The molecule has 0 heterocycles. The van der Waals surface area contributed by atoms with E-state index in [2.05, 4.69) is 6.92 Å². The van der Waals surface area contributed by atoms with Gasteiger partial charge in [0.25, 0.3) is 0 Å². The minimum atomic E-state index is -0.00955. The normalized spacial score (nSPS) is 10.4. The van der Waals surface area contributed by atoms with E-state index < -0.39 is 0 Å². The van der Waals surface area contributed by atoms with Gasteiger partial charge < -0.3 is 5.73 Å². The molecule has 2 N–H and O–H groups in total. The van der Waals surface area contributed by atoms with E-state index in [4.69, 9.17) is 5.73 Å². The molecule has 2 aromatic rings. The molecule has 0 spiro atoms. The molecule has 0 saturated carbocycles. The number of rotatable bonds is 3. The Hall–Kier alpha value is -1.93. The summed E-state index contributed by atoms with van der Waals surface area (Å²) < 4.78 is 0. The van der Waals surface area contributed by atoms with Crippen LogP contribution in [0.15, 0.2) is 42.5 Å². The number of hydrogen-bond donors (Lipinski definition) is 1. The minimum absolute atomic E-state index is 0.00955. The Balaban J connectivity index is 2.59. The average Bonchev–Trinajstić information content (AvgIpc) is 2.39. The third kappa shape index (κ3) is 2.34. The second kappa shape index (κ2) is 5.15. The fourth-order valence-corrected chi connectivity index (χ4v) is 2.19. The third-order valence-electron chi connectivity index (χ3n) is 3.14. The average molecular weight is 239 g/mol. The van der Waals surface area contributed by atoms with Crippen LogP contribution >= 0.6 is 0 Å². The van der Waals surface area contributed by atoms with Gasteiger partial charge in [-0.15, -0.1) is 0 Å². The highest BCUT2D eigenvalue weighted by atomic mass is 16.1. The molecular formula is C16H17NO. The van der Waals surface area contributed by atoms with Crippen LogP contribution in [0.2, 0.25) is 0 Å². The topological polar surface area (TPSA) is 43.1 Å². The molecule has 2 aromatic carbocycles. The summed E-state index contributed by atoms with van der Waals surface area (Å²) in [5, 5.41) is 0. The van der Waals surface area contributed by atoms with Gasteiger partial charge in [-0.2, -0.15) is 0 Å². The molecule has 0 aliphatic heterocycles. The SMILES string of the molecule is Cc1cc(C)c(-c2ccccc2)cc1C(=O)CN. The Labute approximate surface area is 107 Å². The van der Waals surface area contributed by atoms with E-state index in [9.17, 15) is 4.79 Å². The van der Waals surface area contributed by atoms with Gasteiger partial charge in [0.15, 0.2) is 5.78 Å². The number of benzene rings is 2. The molecular weight excluding hydrogens is 222 g/mol. The Morgan fingerprint density at radius 3 is 2.33 bits per heavy atom. The lowest BCUT2D eigenvalue weighted by Crippen LogP contribution is -2.15. The van der Waals surface area contributed by atoms with Crippen LogP contribution < -0.4 is 5.73 Å². The van der Waals surface area contributed by atoms with Crippen LogP contribution in [0.5, 0.6) is 0 Å². The number of aryl methyl sites for hydroxylation is 2. The monoisotopic (exact) mass is 239 g/mol. The van der Waals surface area contributed by atoms with E-state index in [1.165, 1.54) is 5.56 Å². The molecule has 18 heavy (non-hydrogen) atoms. The van der Waals surface area contributed by atoms with Crippen molar-refractivity contribution in [2.24, 2.45) is 5.73 Å². The maximum absolute atomic E-state index is 11.8. The summed E-state index contributed by atoms with van der Waals surface area (Å²) in [4.78, 5) is 11.8. The fourth-order valence-electron chi connectivity index (χ4n) is 2.19. The zero-order chi connectivity index (χ0) is 13.1. The van der Waals surface area contributed by atoms with Crippen molar-refractivity contribution >= 4 is 5.78 Å². The quantitative estimate of drug-likeness (QED) is 0.836. The van der Waals surface area contributed by atoms with Crippen molar-refractivity contribution in [3.05, 3.63) is 59.2 Å². The lowest BCUT2D eigenvalue weighted by atomic mass is 9.93. The van der Waals surface area contributed by atoms with Crippen molar-refractivity contribution in [2.45, 2.75) is 13.8 Å². The maximum Gasteiger partial charge on any atom is 0.176 e. The molecule has 0 amide bonds. The maximum atomic E-state index is 11.8. The lowest BCUT2D eigenvalue weighted by Gasteiger charge is -2.11. The minimum Gasteiger partial charge on any atom is -0.324 e. The molecule has 0 aliphatic carbocycles. The first-order chi connectivity index (χ1) is 8.63. The molecule has 0 atom stereocenters. The molecule has 2 heteroatoms. The van der Waals surface area contributed by atoms with E-state index in [1.807, 2.05) is 49.4 Å². The Kier molecular flexibility index (Phi) is 3.58. The molecule has 0 aromatic heterocycles. The first-order valence-electron chi connectivity index (χ1n) is 6.03. The molecule has 2 nitrogen and oxygen atoms in total. The van der Waals surface area contributed by atoms with Crippen LogP contribution in [0.4, 0.5) is 0 Å². The van der Waals surface area contributed by atoms with Gasteiger partial charge in [0.2, 0.25) is 0 Å². The van der Waals surface area contributed by atoms with Crippen LogP contribution in [-0.4, -0.2) is 12.3 Å². The predicted molar refractivity (Wildman–Crippen MR) is 74.7 cm³/mol. The summed E-state index contributed by atoms with van der Waals surface area (Å²) >= 11 is 0. The smallest absolute Gasteiger partial charge is 0.176 e. The van der Waals surface area contributed by atoms with Gasteiger partial charge in [-0.1, -0.05) is 36.4 Å². The van der Waals surface area contributed by atoms with Crippen LogP contribution in [-0.2, 0) is 0 Å². The predicted octanol–water partition coefficient (Wildman–Crippen LogP) is 3.11. The summed E-state index contributed by atoms with van der Waals surface area (Å²) in [6.07, 6.45) is 0. The first-order valence-corrected chi connectivity index (χ1v) is 6.03. The molecule has 0 radical (unpaired) electrons. The van der Waals surface area contributed by atoms with Gasteiger partial charge in [0, 0.05) is 5.56 Å². The Morgan fingerprint density at radius 1 is 1.06 bits per heavy atom. The van der Waals surface area contributed by atoms with Crippen molar-refractivity contribution in [2.75, 3.05) is 6.54 Å². The molecule has 2 rings (SSSR count). The molecule has 0 fully saturated rings. The second-order valence-corrected chi connectivity index (χ2v) is 4.48. The number of ketones is 1. The van der Waals surface area contributed by atoms with Crippen LogP contribution in [0.1, 0.15) is 21.5 Å². The van der Waals surface area contributed by atoms with Crippen LogP contribution in [0.3, 0.4) is 0 Å². The first kappa shape index (κ1) is 12.5. The van der Waals surface area contributed by atoms with E-state index in [1.54, 1.807) is 0 Å². The summed E-state index contributed by atoms with van der Waals surface area (Å²) in [6, 6.07) is 14.1. The third-order valence-corrected chi connectivity index (χ3v) is 3.14. The fraction of sp³-hybridized carbons (Fsp3) is 0.188. The van der Waals surface area contributed by atoms with Gasteiger partial charge in [-0.25, -0.2) is 0 Å². The molecule has 0 aliphatic rings. The zero-order valence-electron chi connectivity index (χ0n) is 10.7. The Bertz CT molecular complexity index is 573. The van der Waals surface area contributed by atoms with Gasteiger partial charge in [-0.05, 0) is 42.2 Å². The van der Waals surface area contributed by atoms with Crippen LogP contribution in [0.25, 0.3) is 11.1 Å². The van der Waals surface area contributed by atoms with E-state index >= 15 is 0 Å². The number of nitrogens with two attached hydrogens (primary N) is 1. The van der Waals surface area contributed by atoms with Gasteiger partial charge in [0.05, 0.1) is 6.54 Å². The van der Waals surface area contributed by atoms with E-state index in [0.29, 0.717) is 0 Å². The second-order valence-electron chi connectivity index (χ2n) is 4.48. The van der Waals surface area contributed by atoms with Crippen molar-refractivity contribution in [1.82, 2.24) is 0 Å². The zero-order valence-corrected chi connectivity index (χ0v) is 10.7. The molecule has 0 saturated heterocycles. The summed E-state index contributed by atoms with van der Waals surface area (Å²) in [5.41, 5.74) is 10.6. The number of hydrogen-bond acceptors (Lipinski definition) is 2.